The zero-order chi connectivity index (χ0) is 12.7. The lowest BCUT2D eigenvalue weighted by molar-refractivity contribution is 0.213. The predicted octanol–water partition coefficient (Wildman–Crippen LogP) is 3.50. The van der Waals surface area contributed by atoms with Crippen LogP contribution in [0, 0.1) is 5.82 Å². The van der Waals surface area contributed by atoms with Gasteiger partial charge >= 0.3 is 7.60 Å². The Morgan fingerprint density at radius 3 is 2.12 bits per heavy atom. The van der Waals surface area contributed by atoms with Crippen molar-refractivity contribution in [2.45, 2.75) is 26.7 Å². The summed E-state index contributed by atoms with van der Waals surface area (Å²) in [5.41, 5.74) is 0. The molecule has 0 saturated heterocycles. The maximum Gasteiger partial charge on any atom is 0.364 e. The quantitative estimate of drug-likeness (QED) is 0.704. The molecule has 0 spiro atoms. The van der Waals surface area contributed by atoms with Crippen molar-refractivity contribution >= 4 is 12.9 Å². The van der Waals surface area contributed by atoms with E-state index >= 15 is 0 Å². The summed E-state index contributed by atoms with van der Waals surface area (Å²) in [5.74, 6) is -0.553. The average molecular weight is 260 g/mol. The minimum atomic E-state index is -3.52. The van der Waals surface area contributed by atoms with Crippen LogP contribution in [0.25, 0.3) is 0 Å². The minimum absolute atomic E-state index is 0.0156. The fourth-order valence-electron chi connectivity index (χ4n) is 1.27. The van der Waals surface area contributed by atoms with Gasteiger partial charge in [-0.25, -0.2) is 4.39 Å². The number of benzene rings is 1. The molecule has 0 N–H and O–H groups in total. The van der Waals surface area contributed by atoms with E-state index in [9.17, 15) is 8.96 Å². The molecule has 0 fully saturated rings. The van der Waals surface area contributed by atoms with Crippen molar-refractivity contribution < 1.29 is 18.0 Å². The van der Waals surface area contributed by atoms with E-state index in [2.05, 4.69) is 0 Å². The molecule has 17 heavy (non-hydrogen) atoms. The van der Waals surface area contributed by atoms with Gasteiger partial charge in [0.2, 0.25) is 0 Å². The SMILES string of the molecule is CCCOP(=O)(OCCC)c1ccccc1F. The number of hydrogen-bond donors (Lipinski definition) is 0. The molecule has 0 aliphatic carbocycles. The van der Waals surface area contributed by atoms with Gasteiger partial charge in [-0.3, -0.25) is 4.57 Å². The van der Waals surface area contributed by atoms with E-state index in [-0.39, 0.29) is 18.5 Å². The van der Waals surface area contributed by atoms with Crippen molar-refractivity contribution in [3.8, 4) is 0 Å². The normalized spacial score (nSPS) is 11.7. The zero-order valence-corrected chi connectivity index (χ0v) is 11.1. The molecule has 5 heteroatoms. The third kappa shape index (κ3) is 3.91. The molecule has 3 nitrogen and oxygen atoms in total. The Balaban J connectivity index is 2.97. The molecular weight excluding hydrogens is 242 g/mol. The fourth-order valence-corrected chi connectivity index (χ4v) is 3.08. The summed E-state index contributed by atoms with van der Waals surface area (Å²) < 4.78 is 36.6. The Bertz CT molecular complexity index is 383. The summed E-state index contributed by atoms with van der Waals surface area (Å²) in [6, 6.07) is 5.87. The highest BCUT2D eigenvalue weighted by molar-refractivity contribution is 7.62. The van der Waals surface area contributed by atoms with E-state index in [1.807, 2.05) is 13.8 Å². The summed E-state index contributed by atoms with van der Waals surface area (Å²) in [6.07, 6.45) is 1.40. The molecule has 0 amide bonds. The summed E-state index contributed by atoms with van der Waals surface area (Å²) in [7, 11) is -3.52. The lowest BCUT2D eigenvalue weighted by Crippen LogP contribution is -2.15. The molecule has 96 valence electrons. The number of rotatable bonds is 7. The second-order valence-electron chi connectivity index (χ2n) is 3.62. The topological polar surface area (TPSA) is 35.5 Å². The number of hydrogen-bond acceptors (Lipinski definition) is 3. The average Bonchev–Trinajstić information content (AvgIpc) is 2.34. The van der Waals surface area contributed by atoms with Gasteiger partial charge in [0.05, 0.1) is 18.5 Å². The van der Waals surface area contributed by atoms with Gasteiger partial charge in [0.15, 0.2) is 0 Å². The van der Waals surface area contributed by atoms with E-state index in [1.165, 1.54) is 12.1 Å². The molecule has 0 saturated carbocycles. The van der Waals surface area contributed by atoms with E-state index < -0.39 is 13.4 Å². The summed E-state index contributed by atoms with van der Waals surface area (Å²) in [5, 5.41) is 0.0156. The van der Waals surface area contributed by atoms with Gasteiger partial charge in [0, 0.05) is 0 Å². The molecule has 1 aromatic rings. The zero-order valence-electron chi connectivity index (χ0n) is 10.2. The Morgan fingerprint density at radius 2 is 1.65 bits per heavy atom. The van der Waals surface area contributed by atoms with Crippen LogP contribution < -0.4 is 5.30 Å². The van der Waals surface area contributed by atoms with Crippen LogP contribution in [0.5, 0.6) is 0 Å². The molecule has 1 aromatic carbocycles. The summed E-state index contributed by atoms with van der Waals surface area (Å²) in [6.45, 7) is 4.36. The van der Waals surface area contributed by atoms with Crippen LogP contribution in [0.2, 0.25) is 0 Å². The van der Waals surface area contributed by atoms with Crippen molar-refractivity contribution in [3.05, 3.63) is 30.1 Å². The third-order valence-corrected chi connectivity index (χ3v) is 4.08. The molecule has 0 aromatic heterocycles. The van der Waals surface area contributed by atoms with Crippen molar-refractivity contribution in [2.75, 3.05) is 13.2 Å². The lowest BCUT2D eigenvalue weighted by atomic mass is 10.3. The largest absolute Gasteiger partial charge is 0.364 e. The van der Waals surface area contributed by atoms with Gasteiger partial charge in [0.25, 0.3) is 0 Å². The predicted molar refractivity (Wildman–Crippen MR) is 66.1 cm³/mol. The van der Waals surface area contributed by atoms with Crippen LogP contribution in [0.3, 0.4) is 0 Å². The fraction of sp³-hybridized carbons (Fsp3) is 0.500. The van der Waals surface area contributed by atoms with Crippen LogP contribution in [0.4, 0.5) is 4.39 Å². The maximum atomic E-state index is 13.6. The molecule has 0 heterocycles. The van der Waals surface area contributed by atoms with Crippen LogP contribution in [-0.2, 0) is 13.6 Å². The highest BCUT2D eigenvalue weighted by Gasteiger charge is 2.30. The van der Waals surface area contributed by atoms with Crippen molar-refractivity contribution in [1.29, 1.82) is 0 Å². The van der Waals surface area contributed by atoms with E-state index in [0.29, 0.717) is 12.8 Å². The summed E-state index contributed by atoms with van der Waals surface area (Å²) >= 11 is 0. The molecule has 0 aliphatic heterocycles. The molecule has 0 aliphatic rings. The van der Waals surface area contributed by atoms with E-state index in [1.54, 1.807) is 12.1 Å². The number of halogens is 1. The van der Waals surface area contributed by atoms with Gasteiger partial charge in [-0.1, -0.05) is 26.0 Å². The second-order valence-corrected chi connectivity index (χ2v) is 5.61. The molecular formula is C12H18FO3P. The molecule has 0 unspecified atom stereocenters. The Morgan fingerprint density at radius 1 is 1.12 bits per heavy atom. The van der Waals surface area contributed by atoms with Gasteiger partial charge in [-0.2, -0.15) is 0 Å². The van der Waals surface area contributed by atoms with Gasteiger partial charge in [0.1, 0.15) is 5.82 Å². The first-order valence-corrected chi connectivity index (χ1v) is 7.32. The first-order chi connectivity index (χ1) is 8.14. The first-order valence-electron chi connectivity index (χ1n) is 5.78. The molecule has 0 atom stereocenters. The standard InChI is InChI=1S/C12H18FO3P/c1-3-9-15-17(14,16-10-4-2)12-8-6-5-7-11(12)13/h5-8H,3-4,9-10H2,1-2H3. The highest BCUT2D eigenvalue weighted by atomic mass is 31.2. The van der Waals surface area contributed by atoms with E-state index in [4.69, 9.17) is 9.05 Å². The van der Waals surface area contributed by atoms with Crippen molar-refractivity contribution in [2.24, 2.45) is 0 Å². The second kappa shape index (κ2) is 6.90. The monoisotopic (exact) mass is 260 g/mol. The van der Waals surface area contributed by atoms with E-state index in [0.717, 1.165) is 0 Å². The molecule has 0 radical (unpaired) electrons. The summed E-state index contributed by atoms with van der Waals surface area (Å²) in [4.78, 5) is 0. The van der Waals surface area contributed by atoms with Crippen LogP contribution in [0.15, 0.2) is 24.3 Å². The van der Waals surface area contributed by atoms with Gasteiger partial charge in [-0.05, 0) is 25.0 Å². The maximum absolute atomic E-state index is 13.6. The van der Waals surface area contributed by atoms with Crippen LogP contribution >= 0.6 is 7.60 Å². The molecule has 0 bridgehead atoms. The first kappa shape index (κ1) is 14.4. The van der Waals surface area contributed by atoms with Gasteiger partial charge < -0.3 is 9.05 Å². The third-order valence-electron chi connectivity index (χ3n) is 2.08. The Hall–Kier alpha value is -0.700. The Labute approximate surface area is 101 Å². The van der Waals surface area contributed by atoms with Crippen molar-refractivity contribution in [3.63, 3.8) is 0 Å². The van der Waals surface area contributed by atoms with Crippen LogP contribution in [0.1, 0.15) is 26.7 Å². The lowest BCUT2D eigenvalue weighted by Gasteiger charge is -2.18. The smallest absolute Gasteiger partial charge is 0.305 e. The van der Waals surface area contributed by atoms with Crippen LogP contribution in [-0.4, -0.2) is 13.2 Å². The highest BCUT2D eigenvalue weighted by Crippen LogP contribution is 2.47. The Kier molecular flexibility index (Phi) is 5.83. The van der Waals surface area contributed by atoms with Crippen molar-refractivity contribution in [1.82, 2.24) is 0 Å². The minimum Gasteiger partial charge on any atom is -0.305 e. The van der Waals surface area contributed by atoms with Gasteiger partial charge in [-0.15, -0.1) is 0 Å². The molecule has 1 rings (SSSR count).